The van der Waals surface area contributed by atoms with Crippen LogP contribution in [0.1, 0.15) is 176 Å². The van der Waals surface area contributed by atoms with Gasteiger partial charge in [0.2, 0.25) is 0 Å². The van der Waals surface area contributed by atoms with Gasteiger partial charge < -0.3 is 13.9 Å². The smallest absolute Gasteiger partial charge is 0.306 e. The van der Waals surface area contributed by atoms with Gasteiger partial charge in [-0.15, -0.1) is 0 Å². The summed E-state index contributed by atoms with van der Waals surface area (Å²) in [6, 6.07) is 0. The van der Waals surface area contributed by atoms with E-state index in [1.807, 2.05) is 0 Å². The molecule has 52 heavy (non-hydrogen) atoms. The first kappa shape index (κ1) is 50.0. The lowest BCUT2D eigenvalue weighted by Gasteiger charge is -2.37. The fraction of sp³-hybridized carbons (Fsp3) is 0.723. The Labute approximate surface area is 324 Å². The number of carbonyl (C=O) groups is 1. The summed E-state index contributed by atoms with van der Waals surface area (Å²) in [7, 11) is -1.95. The number of ether oxygens (including phenoxy) is 2. The molecular formula is C47H84O4Si. The highest BCUT2D eigenvalue weighted by atomic mass is 28.4. The highest BCUT2D eigenvalue weighted by molar-refractivity contribution is 6.74. The summed E-state index contributed by atoms with van der Waals surface area (Å²) in [5, 5.41) is 0.104. The van der Waals surface area contributed by atoms with Gasteiger partial charge in [0.1, 0.15) is 6.10 Å². The molecule has 300 valence electrons. The summed E-state index contributed by atoms with van der Waals surface area (Å²) in [6.07, 6.45) is 51.7. The van der Waals surface area contributed by atoms with E-state index in [4.69, 9.17) is 13.9 Å². The number of hydrogen-bond donors (Lipinski definition) is 0. The van der Waals surface area contributed by atoms with Crippen molar-refractivity contribution in [2.45, 2.75) is 200 Å². The summed E-state index contributed by atoms with van der Waals surface area (Å²) in [6.45, 7) is 17.1. The molecule has 0 amide bonds. The summed E-state index contributed by atoms with van der Waals surface area (Å²) in [5.74, 6) is -0.177. The maximum atomic E-state index is 12.7. The van der Waals surface area contributed by atoms with Gasteiger partial charge in [-0.1, -0.05) is 191 Å². The number of hydrogen-bond acceptors (Lipinski definition) is 4. The van der Waals surface area contributed by atoms with Crippen molar-refractivity contribution < 1.29 is 18.7 Å². The van der Waals surface area contributed by atoms with E-state index >= 15 is 0 Å². The molecule has 0 bridgehead atoms. The van der Waals surface area contributed by atoms with Gasteiger partial charge in [0.15, 0.2) is 8.32 Å². The van der Waals surface area contributed by atoms with Crippen molar-refractivity contribution in [3.63, 3.8) is 0 Å². The topological polar surface area (TPSA) is 44.8 Å². The van der Waals surface area contributed by atoms with E-state index in [0.717, 1.165) is 44.9 Å². The Morgan fingerprint density at radius 3 is 1.38 bits per heavy atom. The lowest BCUT2D eigenvalue weighted by atomic mass is 10.0. The number of unbranched alkanes of at least 4 members (excludes halogenated alkanes) is 13. The predicted octanol–water partition coefficient (Wildman–Crippen LogP) is 14.9. The molecule has 0 aliphatic carbocycles. The highest BCUT2D eigenvalue weighted by Gasteiger charge is 2.38. The van der Waals surface area contributed by atoms with Crippen LogP contribution in [0, 0.1) is 0 Å². The molecule has 0 heterocycles. The van der Waals surface area contributed by atoms with E-state index in [1.165, 1.54) is 83.5 Å². The fourth-order valence-corrected chi connectivity index (χ4v) is 6.37. The largest absolute Gasteiger partial charge is 0.457 e. The molecule has 0 aliphatic heterocycles. The summed E-state index contributed by atoms with van der Waals surface area (Å²) >= 11 is 0. The second kappa shape index (κ2) is 36.0. The summed E-state index contributed by atoms with van der Waals surface area (Å²) in [4.78, 5) is 12.7. The molecule has 0 aromatic rings. The lowest BCUT2D eigenvalue weighted by Crippen LogP contribution is -2.44. The monoisotopic (exact) mass is 741 g/mol. The van der Waals surface area contributed by atoms with Gasteiger partial charge in [-0.05, 0) is 69.5 Å². The van der Waals surface area contributed by atoms with Crippen LogP contribution in [0.3, 0.4) is 0 Å². The van der Waals surface area contributed by atoms with Crippen LogP contribution in [0.4, 0.5) is 0 Å². The molecule has 0 spiro atoms. The van der Waals surface area contributed by atoms with Crippen LogP contribution < -0.4 is 0 Å². The predicted molar refractivity (Wildman–Crippen MR) is 232 cm³/mol. The first-order valence-corrected chi connectivity index (χ1v) is 24.4. The molecule has 5 heteroatoms. The average Bonchev–Trinajstić information content (AvgIpc) is 3.10. The molecule has 0 aromatic heterocycles. The minimum atomic E-state index is -1.95. The third kappa shape index (κ3) is 33.9. The second-order valence-electron chi connectivity index (χ2n) is 15.8. The molecule has 0 radical (unpaired) electrons. The van der Waals surface area contributed by atoms with Crippen LogP contribution in [-0.2, 0) is 18.7 Å². The third-order valence-corrected chi connectivity index (χ3v) is 14.3. The first-order chi connectivity index (χ1) is 25.1. The van der Waals surface area contributed by atoms with Crippen molar-refractivity contribution in [2.24, 2.45) is 0 Å². The van der Waals surface area contributed by atoms with E-state index in [9.17, 15) is 4.79 Å². The Hall–Kier alpha value is -1.95. The molecule has 0 rings (SSSR count). The summed E-state index contributed by atoms with van der Waals surface area (Å²) < 4.78 is 18.3. The molecular weight excluding hydrogens is 657 g/mol. The number of rotatable bonds is 35. The van der Waals surface area contributed by atoms with Crippen molar-refractivity contribution in [3.05, 3.63) is 72.9 Å². The highest BCUT2D eigenvalue weighted by Crippen LogP contribution is 2.36. The van der Waals surface area contributed by atoms with Crippen LogP contribution >= 0.6 is 0 Å². The van der Waals surface area contributed by atoms with Gasteiger partial charge in [-0.3, -0.25) is 4.79 Å². The Balaban J connectivity index is 4.24. The standard InChI is InChI=1S/C47H84O4Si/c1-8-10-12-14-16-18-20-22-24-25-26-27-28-29-31-33-35-37-39-41-46(48)51-45(44-50-52(6,7)47(3,4)5)43-49-42-40-38-36-34-32-30-23-21-19-17-15-13-11-9-2/h10,12,16,18,22,24,26-27,29,31,35,37,45H,8-9,11,13-15,17,19-21,23,25,28,30,32-34,36,38-44H2,1-7H3. The number of allylic oxidation sites excluding steroid dienone is 12. The SMILES string of the molecule is CCC=CCC=CCC=CCC=CCC=CCC=CCCC(=O)OC(COCCCCCCCCCCCCCCCC)CO[Si](C)(C)C(C)(C)C. The number of carbonyl (C=O) groups excluding carboxylic acids is 1. The van der Waals surface area contributed by atoms with Gasteiger partial charge in [0, 0.05) is 13.0 Å². The minimum absolute atomic E-state index is 0.104. The van der Waals surface area contributed by atoms with Gasteiger partial charge in [0.05, 0.1) is 13.2 Å². The average molecular weight is 741 g/mol. The van der Waals surface area contributed by atoms with Crippen molar-refractivity contribution >= 4 is 14.3 Å². The molecule has 0 saturated heterocycles. The molecule has 0 N–H and O–H groups in total. The van der Waals surface area contributed by atoms with E-state index in [-0.39, 0.29) is 17.1 Å². The van der Waals surface area contributed by atoms with Gasteiger partial charge >= 0.3 is 5.97 Å². The van der Waals surface area contributed by atoms with Gasteiger partial charge in [-0.2, -0.15) is 0 Å². The maximum Gasteiger partial charge on any atom is 0.306 e. The van der Waals surface area contributed by atoms with E-state index in [0.29, 0.717) is 32.7 Å². The quantitative estimate of drug-likeness (QED) is 0.0281. The van der Waals surface area contributed by atoms with E-state index in [1.54, 1.807) is 0 Å². The van der Waals surface area contributed by atoms with Crippen LogP contribution in [0.5, 0.6) is 0 Å². The van der Waals surface area contributed by atoms with Crippen molar-refractivity contribution in [2.75, 3.05) is 19.8 Å². The molecule has 0 saturated carbocycles. The van der Waals surface area contributed by atoms with Gasteiger partial charge in [-0.25, -0.2) is 0 Å². The van der Waals surface area contributed by atoms with Crippen LogP contribution in [-0.4, -0.2) is 40.2 Å². The van der Waals surface area contributed by atoms with Gasteiger partial charge in [0.25, 0.3) is 0 Å². The maximum absolute atomic E-state index is 12.7. The Morgan fingerprint density at radius 1 is 0.558 bits per heavy atom. The van der Waals surface area contributed by atoms with Crippen LogP contribution in [0.25, 0.3) is 0 Å². The first-order valence-electron chi connectivity index (χ1n) is 21.4. The Morgan fingerprint density at radius 2 is 0.962 bits per heavy atom. The Kier molecular flexibility index (Phi) is 34.7. The van der Waals surface area contributed by atoms with Crippen molar-refractivity contribution in [1.29, 1.82) is 0 Å². The fourth-order valence-electron chi connectivity index (χ4n) is 5.33. The zero-order valence-corrected chi connectivity index (χ0v) is 36.3. The molecule has 0 aliphatic rings. The molecule has 1 unspecified atom stereocenters. The van der Waals surface area contributed by atoms with Crippen LogP contribution in [0.2, 0.25) is 18.1 Å². The Bertz CT molecular complexity index is 982. The van der Waals surface area contributed by atoms with Crippen molar-refractivity contribution in [1.82, 2.24) is 0 Å². The normalized spacial score (nSPS) is 13.8. The molecule has 1 atom stereocenters. The second-order valence-corrected chi connectivity index (χ2v) is 20.6. The lowest BCUT2D eigenvalue weighted by molar-refractivity contribution is -0.154. The third-order valence-electron chi connectivity index (χ3n) is 9.79. The number of esters is 1. The zero-order valence-electron chi connectivity index (χ0n) is 35.3. The molecule has 0 aromatic carbocycles. The van der Waals surface area contributed by atoms with E-state index < -0.39 is 8.32 Å². The molecule has 4 nitrogen and oxygen atoms in total. The van der Waals surface area contributed by atoms with E-state index in [2.05, 4.69) is 121 Å². The minimum Gasteiger partial charge on any atom is -0.457 e. The summed E-state index contributed by atoms with van der Waals surface area (Å²) in [5.41, 5.74) is 0. The molecule has 0 fully saturated rings. The zero-order chi connectivity index (χ0) is 38.4. The van der Waals surface area contributed by atoms with Crippen LogP contribution in [0.15, 0.2) is 72.9 Å². The van der Waals surface area contributed by atoms with Crippen molar-refractivity contribution in [3.8, 4) is 0 Å².